The molecule has 0 unspecified atom stereocenters. The van der Waals surface area contributed by atoms with Gasteiger partial charge in [0.05, 0.1) is 0 Å². The summed E-state index contributed by atoms with van der Waals surface area (Å²) in [5, 5.41) is 2.21. The molecule has 1 atom stereocenters. The fraction of sp³-hybridized carbons (Fsp3) is 0.389. The molecule has 1 N–H and O–H groups in total. The van der Waals surface area contributed by atoms with Crippen molar-refractivity contribution in [3.63, 3.8) is 0 Å². The molecule has 7 heteroatoms. The van der Waals surface area contributed by atoms with Gasteiger partial charge in [-0.1, -0.05) is 6.92 Å². The van der Waals surface area contributed by atoms with E-state index in [-0.39, 0.29) is 0 Å². The van der Waals surface area contributed by atoms with Gasteiger partial charge >= 0.3 is 5.97 Å². The minimum absolute atomic E-state index is 0.361. The summed E-state index contributed by atoms with van der Waals surface area (Å²) in [7, 11) is 1.71. The smallest absolute Gasteiger partial charge is 0.348 e. The van der Waals surface area contributed by atoms with Crippen LogP contribution in [0.25, 0.3) is 0 Å². The van der Waals surface area contributed by atoms with Crippen LogP contribution in [0.15, 0.2) is 24.4 Å². The molecule has 3 rings (SSSR count). The maximum absolute atomic E-state index is 12.1. The molecular formula is C18H20N2O4S. The van der Waals surface area contributed by atoms with Crippen molar-refractivity contribution in [2.45, 2.75) is 26.2 Å². The molecule has 0 saturated carbocycles. The van der Waals surface area contributed by atoms with E-state index in [0.29, 0.717) is 16.5 Å². The van der Waals surface area contributed by atoms with E-state index < -0.39 is 24.4 Å². The molecule has 1 aliphatic carbocycles. The maximum Gasteiger partial charge on any atom is 0.348 e. The van der Waals surface area contributed by atoms with Gasteiger partial charge in [-0.3, -0.25) is 14.9 Å². The van der Waals surface area contributed by atoms with Gasteiger partial charge in [0.15, 0.2) is 6.61 Å². The summed E-state index contributed by atoms with van der Waals surface area (Å²) in [6.45, 7) is 1.72. The van der Waals surface area contributed by atoms with Crippen molar-refractivity contribution in [1.82, 2.24) is 9.88 Å². The number of amides is 2. The van der Waals surface area contributed by atoms with E-state index in [1.807, 2.05) is 6.07 Å². The lowest BCUT2D eigenvalue weighted by atomic mass is 9.90. The van der Waals surface area contributed by atoms with Crippen LogP contribution >= 0.6 is 11.3 Å². The Hall–Kier alpha value is -2.41. The molecule has 0 saturated heterocycles. The molecule has 25 heavy (non-hydrogen) atoms. The van der Waals surface area contributed by atoms with Gasteiger partial charge < -0.3 is 9.30 Å². The summed E-state index contributed by atoms with van der Waals surface area (Å²) in [5.41, 5.74) is 1.57. The minimum Gasteiger partial charge on any atom is -0.451 e. The third-order valence-electron chi connectivity index (χ3n) is 4.29. The van der Waals surface area contributed by atoms with Crippen molar-refractivity contribution in [1.29, 1.82) is 0 Å². The summed E-state index contributed by atoms with van der Waals surface area (Å²) in [6.07, 6.45) is 4.80. The first-order chi connectivity index (χ1) is 11.9. The van der Waals surface area contributed by atoms with E-state index in [1.54, 1.807) is 29.9 Å². The number of nitrogens with one attached hydrogen (secondary N) is 1. The Bertz CT molecular complexity index is 821. The number of hydrogen-bond acceptors (Lipinski definition) is 5. The molecule has 0 bridgehead atoms. The van der Waals surface area contributed by atoms with Gasteiger partial charge in [-0.05, 0) is 48.9 Å². The molecular weight excluding hydrogens is 340 g/mol. The second kappa shape index (κ2) is 7.23. The fourth-order valence-electron chi connectivity index (χ4n) is 2.93. The number of ether oxygens (including phenoxy) is 1. The standard InChI is InChI=1S/C18H20N2O4S/c1-11-5-6-14-12(8-11)9-15(25-14)18(23)24-10-16(21)19-17(22)13-4-3-7-20(13)2/h3-4,7,9,11H,5-6,8,10H2,1-2H3,(H,19,21,22)/t11-/m1/s1. The van der Waals surface area contributed by atoms with Crippen LogP contribution in [0.5, 0.6) is 0 Å². The SMILES string of the molecule is C[C@@H]1CCc2sc(C(=O)OCC(=O)NC(=O)c3cccn3C)cc2C1. The quantitative estimate of drug-likeness (QED) is 0.849. The number of hydrogen-bond donors (Lipinski definition) is 1. The second-order valence-electron chi connectivity index (χ2n) is 6.36. The molecule has 0 spiro atoms. The first kappa shape index (κ1) is 17.4. The summed E-state index contributed by atoms with van der Waals surface area (Å²) >= 11 is 1.43. The normalized spacial score (nSPS) is 16.2. The second-order valence-corrected chi connectivity index (χ2v) is 7.50. The van der Waals surface area contributed by atoms with Gasteiger partial charge in [0.25, 0.3) is 11.8 Å². The topological polar surface area (TPSA) is 77.4 Å². The molecule has 2 aromatic rings. The highest BCUT2D eigenvalue weighted by Gasteiger charge is 2.22. The number of aromatic nitrogens is 1. The molecule has 0 fully saturated rings. The average Bonchev–Trinajstić information content (AvgIpc) is 3.18. The van der Waals surface area contributed by atoms with Crippen molar-refractivity contribution < 1.29 is 19.1 Å². The lowest BCUT2D eigenvalue weighted by molar-refractivity contribution is -0.123. The largest absolute Gasteiger partial charge is 0.451 e. The van der Waals surface area contributed by atoms with Crippen LogP contribution in [0.1, 0.15) is 43.9 Å². The summed E-state index contributed by atoms with van der Waals surface area (Å²) in [5.74, 6) is -1.06. The van der Waals surface area contributed by atoms with Gasteiger partial charge in [0.2, 0.25) is 0 Å². The number of nitrogens with zero attached hydrogens (tertiary/aromatic N) is 1. The zero-order valence-electron chi connectivity index (χ0n) is 14.2. The van der Waals surface area contributed by atoms with Crippen molar-refractivity contribution in [3.8, 4) is 0 Å². The van der Waals surface area contributed by atoms with Crippen molar-refractivity contribution >= 4 is 29.1 Å². The maximum atomic E-state index is 12.1. The lowest BCUT2D eigenvalue weighted by Crippen LogP contribution is -2.35. The summed E-state index contributed by atoms with van der Waals surface area (Å²) < 4.78 is 6.65. The van der Waals surface area contributed by atoms with E-state index in [1.165, 1.54) is 21.8 Å². The van der Waals surface area contributed by atoms with Gasteiger partial charge in [0.1, 0.15) is 10.6 Å². The van der Waals surface area contributed by atoms with Gasteiger partial charge in [0, 0.05) is 18.1 Å². The van der Waals surface area contributed by atoms with E-state index in [0.717, 1.165) is 19.3 Å². The van der Waals surface area contributed by atoms with Crippen LogP contribution in [0.3, 0.4) is 0 Å². The Morgan fingerprint density at radius 3 is 2.92 bits per heavy atom. The van der Waals surface area contributed by atoms with E-state index in [9.17, 15) is 14.4 Å². The van der Waals surface area contributed by atoms with Crippen LogP contribution in [0.4, 0.5) is 0 Å². The summed E-state index contributed by atoms with van der Waals surface area (Å²) in [4.78, 5) is 37.6. The molecule has 2 heterocycles. The van der Waals surface area contributed by atoms with Crippen LogP contribution < -0.4 is 5.32 Å². The number of thiophene rings is 1. The molecule has 0 aliphatic heterocycles. The third kappa shape index (κ3) is 3.99. The molecule has 1 aliphatic rings. The first-order valence-electron chi connectivity index (χ1n) is 8.18. The van der Waals surface area contributed by atoms with E-state index in [2.05, 4.69) is 12.2 Å². The molecule has 0 aromatic carbocycles. The highest BCUT2D eigenvalue weighted by molar-refractivity contribution is 7.14. The zero-order chi connectivity index (χ0) is 18.0. The third-order valence-corrected chi connectivity index (χ3v) is 5.51. The Labute approximate surface area is 149 Å². The van der Waals surface area contributed by atoms with Crippen LogP contribution in [0, 0.1) is 5.92 Å². The number of aryl methyl sites for hydroxylation is 2. The van der Waals surface area contributed by atoms with Gasteiger partial charge in [-0.2, -0.15) is 0 Å². The Balaban J connectivity index is 1.53. The van der Waals surface area contributed by atoms with E-state index >= 15 is 0 Å². The monoisotopic (exact) mass is 360 g/mol. The number of rotatable bonds is 4. The number of fused-ring (bicyclic) bond motifs is 1. The zero-order valence-corrected chi connectivity index (χ0v) is 15.0. The molecule has 2 amide bonds. The molecule has 6 nitrogen and oxygen atoms in total. The lowest BCUT2D eigenvalue weighted by Gasteiger charge is -2.16. The number of imide groups is 1. The fourth-order valence-corrected chi connectivity index (χ4v) is 4.03. The molecule has 132 valence electrons. The van der Waals surface area contributed by atoms with Gasteiger partial charge in [-0.25, -0.2) is 4.79 Å². The highest BCUT2D eigenvalue weighted by Crippen LogP contribution is 2.32. The predicted octanol–water partition coefficient (Wildman–Crippen LogP) is 2.32. The van der Waals surface area contributed by atoms with Crippen LogP contribution in [-0.2, 0) is 29.4 Å². The summed E-state index contributed by atoms with van der Waals surface area (Å²) in [6, 6.07) is 5.18. The van der Waals surface area contributed by atoms with Crippen LogP contribution in [-0.4, -0.2) is 29.0 Å². The highest BCUT2D eigenvalue weighted by atomic mass is 32.1. The first-order valence-corrected chi connectivity index (χ1v) is 9.00. The number of carbonyl (C=O) groups excluding carboxylic acids is 3. The van der Waals surface area contributed by atoms with Crippen molar-refractivity contribution in [2.24, 2.45) is 13.0 Å². The van der Waals surface area contributed by atoms with Crippen molar-refractivity contribution in [2.75, 3.05) is 6.61 Å². The van der Waals surface area contributed by atoms with E-state index in [4.69, 9.17) is 4.74 Å². The molecule has 0 radical (unpaired) electrons. The Morgan fingerprint density at radius 1 is 1.40 bits per heavy atom. The minimum atomic E-state index is -0.644. The van der Waals surface area contributed by atoms with Gasteiger partial charge in [-0.15, -0.1) is 11.3 Å². The number of carbonyl (C=O) groups is 3. The average molecular weight is 360 g/mol. The van der Waals surface area contributed by atoms with Crippen LogP contribution in [0.2, 0.25) is 0 Å². The Morgan fingerprint density at radius 2 is 2.20 bits per heavy atom. The Kier molecular flexibility index (Phi) is 5.03. The predicted molar refractivity (Wildman–Crippen MR) is 93.7 cm³/mol. The molecule has 2 aromatic heterocycles. The number of esters is 1. The van der Waals surface area contributed by atoms with Crippen molar-refractivity contribution in [3.05, 3.63) is 45.4 Å².